The number of hydrogen-bond acceptors (Lipinski definition) is 3. The third kappa shape index (κ3) is 3.07. The molecule has 0 amide bonds. The number of hydrogen-bond donors (Lipinski definition) is 1. The maximum atomic E-state index is 6.37. The highest BCUT2D eigenvalue weighted by atomic mass is 32.1. The summed E-state index contributed by atoms with van der Waals surface area (Å²) in [4.78, 5) is 7.16. The van der Waals surface area contributed by atoms with Crippen molar-refractivity contribution in [3.05, 3.63) is 40.1 Å². The number of nitrogens with zero attached hydrogens (tertiary/aromatic N) is 2. The second-order valence-electron chi connectivity index (χ2n) is 4.97. The lowest BCUT2D eigenvalue weighted by atomic mass is 10.0. The van der Waals surface area contributed by atoms with E-state index in [-0.39, 0.29) is 12.1 Å². The van der Waals surface area contributed by atoms with Gasteiger partial charge in [-0.1, -0.05) is 13.8 Å². The average Bonchev–Trinajstić information content (AvgIpc) is 3.01. The molecule has 0 spiro atoms. The Bertz CT molecular complexity index is 515. The van der Waals surface area contributed by atoms with Gasteiger partial charge in [-0.05, 0) is 31.9 Å². The summed E-state index contributed by atoms with van der Waals surface area (Å²) in [5.41, 5.74) is 6.37. The van der Waals surface area contributed by atoms with Gasteiger partial charge in [0.05, 0.1) is 6.04 Å². The highest BCUT2D eigenvalue weighted by molar-refractivity contribution is 7.12. The van der Waals surface area contributed by atoms with E-state index in [1.807, 2.05) is 17.5 Å². The van der Waals surface area contributed by atoms with E-state index in [1.165, 1.54) is 9.75 Å². The molecule has 4 heteroatoms. The second kappa shape index (κ2) is 6.35. The molecule has 2 aromatic heterocycles. The Balaban J connectivity index is 2.40. The fraction of sp³-hybridized carbons (Fsp3) is 0.533. The van der Waals surface area contributed by atoms with Crippen molar-refractivity contribution in [2.75, 3.05) is 0 Å². The van der Waals surface area contributed by atoms with Crippen LogP contribution in [-0.4, -0.2) is 15.6 Å². The summed E-state index contributed by atoms with van der Waals surface area (Å²) in [6, 6.07) is 4.72. The quantitative estimate of drug-likeness (QED) is 0.877. The van der Waals surface area contributed by atoms with Gasteiger partial charge in [-0.3, -0.25) is 0 Å². The number of rotatable bonds is 6. The van der Waals surface area contributed by atoms with Crippen LogP contribution in [0.5, 0.6) is 0 Å². The van der Waals surface area contributed by atoms with E-state index in [4.69, 9.17) is 5.73 Å². The molecule has 0 aliphatic rings. The predicted molar refractivity (Wildman–Crippen MR) is 81.7 cm³/mol. The molecule has 2 aromatic rings. The van der Waals surface area contributed by atoms with Crippen LogP contribution in [0.4, 0.5) is 0 Å². The first kappa shape index (κ1) is 14.3. The summed E-state index contributed by atoms with van der Waals surface area (Å²) < 4.78 is 2.27. The number of aromatic nitrogens is 2. The Hall–Kier alpha value is -1.13. The van der Waals surface area contributed by atoms with E-state index in [9.17, 15) is 0 Å². The minimum absolute atomic E-state index is 0.128. The van der Waals surface area contributed by atoms with E-state index in [0.29, 0.717) is 0 Å². The van der Waals surface area contributed by atoms with E-state index < -0.39 is 0 Å². The van der Waals surface area contributed by atoms with Crippen molar-refractivity contribution in [1.29, 1.82) is 0 Å². The normalized spacial score (nSPS) is 14.5. The monoisotopic (exact) mass is 277 g/mol. The lowest BCUT2D eigenvalue weighted by molar-refractivity contribution is 0.451. The molecule has 0 aliphatic heterocycles. The van der Waals surface area contributed by atoms with Gasteiger partial charge in [0, 0.05) is 34.6 Å². The first-order chi connectivity index (χ1) is 9.17. The van der Waals surface area contributed by atoms with Crippen molar-refractivity contribution in [2.24, 2.45) is 5.73 Å². The van der Waals surface area contributed by atoms with Gasteiger partial charge in [-0.25, -0.2) is 4.98 Å². The maximum Gasteiger partial charge on any atom is 0.109 e. The minimum Gasteiger partial charge on any atom is -0.326 e. The zero-order valence-electron chi connectivity index (χ0n) is 12.0. The van der Waals surface area contributed by atoms with Crippen LogP contribution in [0.1, 0.15) is 48.3 Å². The average molecular weight is 277 g/mol. The fourth-order valence-electron chi connectivity index (χ4n) is 2.40. The van der Waals surface area contributed by atoms with Crippen molar-refractivity contribution in [3.8, 4) is 0 Å². The van der Waals surface area contributed by atoms with Crippen LogP contribution >= 0.6 is 11.3 Å². The van der Waals surface area contributed by atoms with Gasteiger partial charge in [0.25, 0.3) is 0 Å². The molecule has 0 fully saturated rings. The van der Waals surface area contributed by atoms with Crippen molar-refractivity contribution >= 4 is 11.3 Å². The smallest absolute Gasteiger partial charge is 0.109 e. The van der Waals surface area contributed by atoms with Crippen LogP contribution in [0.3, 0.4) is 0 Å². The highest BCUT2D eigenvalue weighted by Crippen LogP contribution is 2.30. The Morgan fingerprint density at radius 3 is 2.74 bits per heavy atom. The van der Waals surface area contributed by atoms with Crippen LogP contribution in [0.25, 0.3) is 0 Å². The van der Waals surface area contributed by atoms with E-state index in [1.54, 1.807) is 0 Å². The van der Waals surface area contributed by atoms with Gasteiger partial charge in [0.1, 0.15) is 5.82 Å². The van der Waals surface area contributed by atoms with E-state index in [2.05, 4.69) is 48.7 Å². The van der Waals surface area contributed by atoms with Gasteiger partial charge >= 0.3 is 0 Å². The van der Waals surface area contributed by atoms with Crippen LogP contribution in [0, 0.1) is 6.92 Å². The zero-order chi connectivity index (χ0) is 13.8. The molecule has 0 bridgehead atoms. The van der Waals surface area contributed by atoms with Gasteiger partial charge in [-0.2, -0.15) is 0 Å². The van der Waals surface area contributed by atoms with Gasteiger partial charge in [0.15, 0.2) is 0 Å². The SMILES string of the molecule is CCCc1nccn1C(c1ccc(C)s1)C(N)CC. The minimum atomic E-state index is 0.128. The Labute approximate surface area is 119 Å². The lowest BCUT2D eigenvalue weighted by Crippen LogP contribution is -2.32. The second-order valence-corrected chi connectivity index (χ2v) is 6.29. The highest BCUT2D eigenvalue weighted by Gasteiger charge is 2.23. The van der Waals surface area contributed by atoms with Crippen LogP contribution in [-0.2, 0) is 6.42 Å². The third-order valence-electron chi connectivity index (χ3n) is 3.45. The van der Waals surface area contributed by atoms with E-state index in [0.717, 1.165) is 25.1 Å². The molecule has 0 aliphatic carbocycles. The van der Waals surface area contributed by atoms with E-state index >= 15 is 0 Å². The summed E-state index contributed by atoms with van der Waals surface area (Å²) >= 11 is 1.84. The maximum absolute atomic E-state index is 6.37. The topological polar surface area (TPSA) is 43.8 Å². The summed E-state index contributed by atoms with van der Waals surface area (Å²) in [5, 5.41) is 0. The zero-order valence-corrected chi connectivity index (χ0v) is 12.8. The molecule has 0 saturated heterocycles. The van der Waals surface area contributed by atoms with Crippen molar-refractivity contribution < 1.29 is 0 Å². The molecular weight excluding hydrogens is 254 g/mol. The van der Waals surface area contributed by atoms with Gasteiger partial charge < -0.3 is 10.3 Å². The number of nitrogens with two attached hydrogens (primary N) is 1. The molecule has 0 radical (unpaired) electrons. The molecule has 2 heterocycles. The van der Waals surface area contributed by atoms with Crippen molar-refractivity contribution in [1.82, 2.24) is 9.55 Å². The number of aryl methyl sites for hydroxylation is 2. The molecule has 2 rings (SSSR count). The molecule has 19 heavy (non-hydrogen) atoms. The molecule has 3 nitrogen and oxygen atoms in total. The standard InChI is InChI=1S/C15H23N3S/c1-4-6-14-17-9-10-18(14)15(12(16)5-2)13-8-7-11(3)19-13/h7-10,12,15H,4-6,16H2,1-3H3. The van der Waals surface area contributed by atoms with Crippen molar-refractivity contribution in [3.63, 3.8) is 0 Å². The first-order valence-electron chi connectivity index (χ1n) is 7.01. The molecule has 104 valence electrons. The first-order valence-corrected chi connectivity index (χ1v) is 7.82. The summed E-state index contributed by atoms with van der Waals surface area (Å²) in [5.74, 6) is 1.14. The van der Waals surface area contributed by atoms with Crippen LogP contribution < -0.4 is 5.73 Å². The van der Waals surface area contributed by atoms with Crippen molar-refractivity contribution in [2.45, 2.75) is 52.1 Å². The number of imidazole rings is 1. The molecule has 0 saturated carbocycles. The lowest BCUT2D eigenvalue weighted by Gasteiger charge is -2.25. The molecule has 2 unspecified atom stereocenters. The van der Waals surface area contributed by atoms with Gasteiger partial charge in [0.2, 0.25) is 0 Å². The Morgan fingerprint density at radius 2 is 2.16 bits per heavy atom. The van der Waals surface area contributed by atoms with Crippen LogP contribution in [0.15, 0.2) is 24.5 Å². The Kier molecular flexibility index (Phi) is 4.77. The molecule has 0 aromatic carbocycles. The third-order valence-corrected chi connectivity index (χ3v) is 4.52. The number of thiophene rings is 1. The summed E-state index contributed by atoms with van der Waals surface area (Å²) in [7, 11) is 0. The fourth-order valence-corrected chi connectivity index (χ4v) is 3.46. The predicted octanol–water partition coefficient (Wildman–Crippen LogP) is 3.53. The summed E-state index contributed by atoms with van der Waals surface area (Å²) in [6.07, 6.45) is 7.03. The molecule has 2 atom stereocenters. The Morgan fingerprint density at radius 1 is 1.37 bits per heavy atom. The van der Waals surface area contributed by atoms with Gasteiger partial charge in [-0.15, -0.1) is 11.3 Å². The van der Waals surface area contributed by atoms with Crippen LogP contribution in [0.2, 0.25) is 0 Å². The molecule has 2 N–H and O–H groups in total. The molecular formula is C15H23N3S. The summed E-state index contributed by atoms with van der Waals surface area (Å²) in [6.45, 7) is 6.47. The largest absolute Gasteiger partial charge is 0.326 e.